The molecule has 1 aromatic heterocycles. The van der Waals surface area contributed by atoms with Crippen LogP contribution in [0.2, 0.25) is 0 Å². The first kappa shape index (κ1) is 15.5. The van der Waals surface area contributed by atoms with Crippen molar-refractivity contribution in [3.05, 3.63) is 59.4 Å². The fourth-order valence-electron chi connectivity index (χ4n) is 2.28. The summed E-state index contributed by atoms with van der Waals surface area (Å²) in [7, 11) is 0. The fraction of sp³-hybridized carbons (Fsp3) is 0.389. The van der Waals surface area contributed by atoms with Crippen molar-refractivity contribution >= 4 is 0 Å². The zero-order valence-electron chi connectivity index (χ0n) is 13.1. The van der Waals surface area contributed by atoms with E-state index in [0.29, 0.717) is 0 Å². The third-order valence-electron chi connectivity index (χ3n) is 3.43. The van der Waals surface area contributed by atoms with E-state index in [4.69, 9.17) is 4.74 Å². The molecule has 0 amide bonds. The molecule has 0 saturated heterocycles. The Kier molecular flexibility index (Phi) is 5.76. The van der Waals surface area contributed by atoms with Crippen molar-refractivity contribution in [2.75, 3.05) is 13.1 Å². The second kappa shape index (κ2) is 7.79. The lowest BCUT2D eigenvalue weighted by molar-refractivity contribution is 0.199. The minimum Gasteiger partial charge on any atom is -0.482 e. The molecule has 3 heteroatoms. The zero-order valence-corrected chi connectivity index (χ0v) is 13.1. The van der Waals surface area contributed by atoms with E-state index in [1.54, 1.807) is 0 Å². The van der Waals surface area contributed by atoms with E-state index in [-0.39, 0.29) is 6.10 Å². The monoisotopic (exact) mass is 284 g/mol. The molecule has 2 rings (SSSR count). The van der Waals surface area contributed by atoms with E-state index >= 15 is 0 Å². The SMILES string of the molecule is CCNCC(Oc1ccc(C)nc1CC)c1ccccc1. The Morgan fingerprint density at radius 3 is 2.52 bits per heavy atom. The van der Waals surface area contributed by atoms with E-state index < -0.39 is 0 Å². The third-order valence-corrected chi connectivity index (χ3v) is 3.43. The second-order valence-corrected chi connectivity index (χ2v) is 5.08. The standard InChI is InChI=1S/C18H24N2O/c1-4-16-17(12-11-14(3)20-16)21-18(13-19-5-2)15-9-7-6-8-10-15/h6-12,18-19H,4-5,13H2,1-3H3. The third kappa shape index (κ3) is 4.30. The van der Waals surface area contributed by atoms with Gasteiger partial charge in [-0.2, -0.15) is 0 Å². The minimum atomic E-state index is 0.000885. The smallest absolute Gasteiger partial charge is 0.141 e. The first-order valence-corrected chi connectivity index (χ1v) is 7.63. The average Bonchev–Trinajstić information content (AvgIpc) is 2.53. The van der Waals surface area contributed by atoms with E-state index in [2.05, 4.69) is 36.3 Å². The van der Waals surface area contributed by atoms with E-state index in [1.807, 2.05) is 37.3 Å². The minimum absolute atomic E-state index is 0.000885. The Morgan fingerprint density at radius 2 is 1.86 bits per heavy atom. The number of aromatic nitrogens is 1. The highest BCUT2D eigenvalue weighted by Gasteiger charge is 2.15. The maximum Gasteiger partial charge on any atom is 0.141 e. The number of aryl methyl sites for hydroxylation is 2. The number of ether oxygens (including phenoxy) is 1. The van der Waals surface area contributed by atoms with Crippen molar-refractivity contribution < 1.29 is 4.74 Å². The van der Waals surface area contributed by atoms with Gasteiger partial charge in [0.2, 0.25) is 0 Å². The number of rotatable bonds is 7. The molecule has 2 aromatic rings. The van der Waals surface area contributed by atoms with Crippen LogP contribution in [0.5, 0.6) is 5.75 Å². The molecule has 0 aliphatic carbocycles. The normalized spacial score (nSPS) is 12.1. The lowest BCUT2D eigenvalue weighted by atomic mass is 10.1. The Morgan fingerprint density at radius 1 is 1.10 bits per heavy atom. The van der Waals surface area contributed by atoms with Crippen LogP contribution in [0, 0.1) is 6.92 Å². The van der Waals surface area contributed by atoms with Gasteiger partial charge in [0, 0.05) is 12.2 Å². The molecule has 0 aliphatic rings. The summed E-state index contributed by atoms with van der Waals surface area (Å²) in [5.41, 5.74) is 3.23. The van der Waals surface area contributed by atoms with Crippen molar-refractivity contribution in [1.29, 1.82) is 0 Å². The van der Waals surface area contributed by atoms with Crippen LogP contribution in [0.15, 0.2) is 42.5 Å². The maximum atomic E-state index is 6.25. The van der Waals surface area contributed by atoms with Gasteiger partial charge in [-0.3, -0.25) is 4.98 Å². The fourth-order valence-corrected chi connectivity index (χ4v) is 2.28. The van der Waals surface area contributed by atoms with Gasteiger partial charge in [-0.25, -0.2) is 0 Å². The summed E-state index contributed by atoms with van der Waals surface area (Å²) in [4.78, 5) is 4.57. The molecule has 0 saturated carbocycles. The molecule has 1 atom stereocenters. The number of nitrogens with one attached hydrogen (secondary N) is 1. The van der Waals surface area contributed by atoms with Gasteiger partial charge in [-0.05, 0) is 37.6 Å². The molecule has 1 unspecified atom stereocenters. The van der Waals surface area contributed by atoms with Crippen molar-refractivity contribution in [3.8, 4) is 5.75 Å². The van der Waals surface area contributed by atoms with Crippen LogP contribution < -0.4 is 10.1 Å². The molecule has 1 N–H and O–H groups in total. The number of likely N-dealkylation sites (N-methyl/N-ethyl adjacent to an activating group) is 1. The molecular formula is C18H24N2O. The molecular weight excluding hydrogens is 260 g/mol. The summed E-state index contributed by atoms with van der Waals surface area (Å²) in [6, 6.07) is 14.4. The zero-order chi connectivity index (χ0) is 15.1. The summed E-state index contributed by atoms with van der Waals surface area (Å²) in [5, 5.41) is 3.37. The number of nitrogens with zero attached hydrogens (tertiary/aromatic N) is 1. The van der Waals surface area contributed by atoms with Crippen LogP contribution in [0.3, 0.4) is 0 Å². The predicted octanol–water partition coefficient (Wildman–Crippen LogP) is 3.68. The molecule has 0 fully saturated rings. The van der Waals surface area contributed by atoms with Gasteiger partial charge in [-0.15, -0.1) is 0 Å². The predicted molar refractivity (Wildman–Crippen MR) is 86.7 cm³/mol. The topological polar surface area (TPSA) is 34.1 Å². The van der Waals surface area contributed by atoms with Gasteiger partial charge in [0.25, 0.3) is 0 Å². The van der Waals surface area contributed by atoms with Crippen molar-refractivity contribution in [2.24, 2.45) is 0 Å². The first-order chi connectivity index (χ1) is 10.2. The van der Waals surface area contributed by atoms with Crippen LogP contribution in [0.25, 0.3) is 0 Å². The van der Waals surface area contributed by atoms with Crippen LogP contribution in [0.4, 0.5) is 0 Å². The highest BCUT2D eigenvalue weighted by atomic mass is 16.5. The number of hydrogen-bond acceptors (Lipinski definition) is 3. The summed E-state index contributed by atoms with van der Waals surface area (Å²) in [6.45, 7) is 7.94. The molecule has 112 valence electrons. The van der Waals surface area contributed by atoms with E-state index in [0.717, 1.165) is 36.6 Å². The maximum absolute atomic E-state index is 6.25. The molecule has 0 radical (unpaired) electrons. The molecule has 0 bridgehead atoms. The molecule has 21 heavy (non-hydrogen) atoms. The Labute approximate surface area is 127 Å². The van der Waals surface area contributed by atoms with Gasteiger partial charge >= 0.3 is 0 Å². The van der Waals surface area contributed by atoms with E-state index in [1.165, 1.54) is 5.56 Å². The Balaban J connectivity index is 2.22. The van der Waals surface area contributed by atoms with Crippen molar-refractivity contribution in [2.45, 2.75) is 33.3 Å². The van der Waals surface area contributed by atoms with Gasteiger partial charge in [0.05, 0.1) is 5.69 Å². The lowest BCUT2D eigenvalue weighted by Gasteiger charge is -2.21. The summed E-state index contributed by atoms with van der Waals surface area (Å²) >= 11 is 0. The van der Waals surface area contributed by atoms with Crippen LogP contribution in [0.1, 0.15) is 36.9 Å². The van der Waals surface area contributed by atoms with Gasteiger partial charge in [0.1, 0.15) is 11.9 Å². The summed E-state index contributed by atoms with van der Waals surface area (Å²) in [6.07, 6.45) is 0.876. The molecule has 3 nitrogen and oxygen atoms in total. The van der Waals surface area contributed by atoms with Crippen molar-refractivity contribution in [3.63, 3.8) is 0 Å². The van der Waals surface area contributed by atoms with E-state index in [9.17, 15) is 0 Å². The molecule has 0 aliphatic heterocycles. The van der Waals surface area contributed by atoms with Gasteiger partial charge in [0.15, 0.2) is 0 Å². The highest BCUT2D eigenvalue weighted by molar-refractivity contribution is 5.31. The second-order valence-electron chi connectivity index (χ2n) is 5.08. The van der Waals surface area contributed by atoms with Crippen molar-refractivity contribution in [1.82, 2.24) is 10.3 Å². The quantitative estimate of drug-likeness (QED) is 0.842. The lowest BCUT2D eigenvalue weighted by Crippen LogP contribution is -2.25. The highest BCUT2D eigenvalue weighted by Crippen LogP contribution is 2.25. The van der Waals surface area contributed by atoms with Gasteiger partial charge < -0.3 is 10.1 Å². The average molecular weight is 284 g/mol. The summed E-state index contributed by atoms with van der Waals surface area (Å²) in [5.74, 6) is 0.884. The van der Waals surface area contributed by atoms with Crippen LogP contribution in [-0.2, 0) is 6.42 Å². The Bertz CT molecular complexity index is 554. The van der Waals surface area contributed by atoms with Gasteiger partial charge in [-0.1, -0.05) is 44.2 Å². The number of benzene rings is 1. The Hall–Kier alpha value is -1.87. The van der Waals surface area contributed by atoms with Crippen LogP contribution in [-0.4, -0.2) is 18.1 Å². The first-order valence-electron chi connectivity index (χ1n) is 7.63. The molecule has 1 heterocycles. The summed E-state index contributed by atoms with van der Waals surface area (Å²) < 4.78 is 6.25. The largest absolute Gasteiger partial charge is 0.482 e. The van der Waals surface area contributed by atoms with Crippen LogP contribution >= 0.6 is 0 Å². The molecule has 1 aromatic carbocycles. The number of hydrogen-bond donors (Lipinski definition) is 1. The molecule has 0 spiro atoms. The number of pyridine rings is 1.